The summed E-state index contributed by atoms with van der Waals surface area (Å²) in [5.41, 5.74) is 0. The quantitative estimate of drug-likeness (QED) is 0.463. The Bertz CT molecular complexity index is 101. The fourth-order valence-electron chi connectivity index (χ4n) is 0.141. The molecule has 0 spiro atoms. The van der Waals surface area contributed by atoms with E-state index in [9.17, 15) is 4.39 Å². The molecule has 0 atom stereocenters. The second kappa shape index (κ2) is 3.18. The first kappa shape index (κ1) is 7.14. The van der Waals surface area contributed by atoms with Crippen molar-refractivity contribution in [2.45, 2.75) is 6.92 Å². The van der Waals surface area contributed by atoms with Crippen molar-refractivity contribution in [2.75, 3.05) is 0 Å². The van der Waals surface area contributed by atoms with Crippen LogP contribution in [0, 0.1) is 0 Å². The van der Waals surface area contributed by atoms with Crippen molar-refractivity contribution in [3.8, 4) is 0 Å². The van der Waals surface area contributed by atoms with Crippen LogP contribution in [0.25, 0.3) is 0 Å². The molecule has 0 aliphatic carbocycles. The zero-order valence-corrected chi connectivity index (χ0v) is 6.20. The summed E-state index contributed by atoms with van der Waals surface area (Å²) in [6.07, 6.45) is 1.48. The van der Waals surface area contributed by atoms with Crippen LogP contribution in [0.15, 0.2) is 22.1 Å². The maximum Gasteiger partial charge on any atom is 0.110 e. The summed E-state index contributed by atoms with van der Waals surface area (Å²) in [6, 6.07) is 0. The minimum Gasteiger partial charge on any atom is -0.211 e. The van der Waals surface area contributed by atoms with E-state index in [0.717, 1.165) is 0 Å². The molecular formula is C5H6FI. The molecule has 0 unspecified atom stereocenters. The maximum atomic E-state index is 11.9. The highest BCUT2D eigenvalue weighted by Crippen LogP contribution is 2.12. The van der Waals surface area contributed by atoms with E-state index in [1.807, 2.05) is 22.6 Å². The van der Waals surface area contributed by atoms with E-state index in [1.165, 1.54) is 13.0 Å². The maximum absolute atomic E-state index is 11.9. The molecule has 0 N–H and O–H groups in total. The van der Waals surface area contributed by atoms with Gasteiger partial charge < -0.3 is 0 Å². The molecule has 0 amide bonds. The molecule has 40 valence electrons. The minimum atomic E-state index is -0.171. The summed E-state index contributed by atoms with van der Waals surface area (Å²) in [5, 5.41) is 0. The summed E-state index contributed by atoms with van der Waals surface area (Å²) in [5.74, 6) is -0.171. The third kappa shape index (κ3) is 2.79. The van der Waals surface area contributed by atoms with Gasteiger partial charge in [0.25, 0.3) is 0 Å². The number of halogens is 2. The number of rotatable bonds is 1. The van der Waals surface area contributed by atoms with Crippen LogP contribution in [-0.2, 0) is 0 Å². The molecule has 0 saturated carbocycles. The number of hydrogen-bond donors (Lipinski definition) is 0. The highest BCUT2D eigenvalue weighted by atomic mass is 127. The smallest absolute Gasteiger partial charge is 0.110 e. The second-order valence-corrected chi connectivity index (χ2v) is 2.25. The van der Waals surface area contributed by atoms with Crippen molar-refractivity contribution in [3.63, 3.8) is 0 Å². The fraction of sp³-hybridized carbons (Fsp3) is 0.200. The Kier molecular flexibility index (Phi) is 3.25. The standard InChI is InChI=1S/C5H6FI/c1-3-5(7)4(2)6/h3H,1H2,2H3/b5-4-. The molecular weight excluding hydrogens is 206 g/mol. The zero-order chi connectivity index (χ0) is 5.86. The lowest BCUT2D eigenvalue weighted by molar-refractivity contribution is 0.640. The molecule has 0 aromatic carbocycles. The molecule has 0 radical (unpaired) electrons. The Morgan fingerprint density at radius 3 is 2.29 bits per heavy atom. The van der Waals surface area contributed by atoms with Gasteiger partial charge >= 0.3 is 0 Å². The summed E-state index contributed by atoms with van der Waals surface area (Å²) in [6.45, 7) is 4.78. The average Bonchev–Trinajstić information content (AvgIpc) is 1.65. The molecule has 0 bridgehead atoms. The van der Waals surface area contributed by atoms with Gasteiger partial charge in [0, 0.05) is 3.58 Å². The third-order valence-electron chi connectivity index (χ3n) is 0.508. The summed E-state index contributed by atoms with van der Waals surface area (Å²) < 4.78 is 12.5. The predicted molar refractivity (Wildman–Crippen MR) is 38.0 cm³/mol. The largest absolute Gasteiger partial charge is 0.211 e. The van der Waals surface area contributed by atoms with Gasteiger partial charge in [-0.15, -0.1) is 0 Å². The molecule has 0 fully saturated rings. The normalized spacial score (nSPS) is 13.0. The van der Waals surface area contributed by atoms with E-state index in [4.69, 9.17) is 0 Å². The van der Waals surface area contributed by atoms with Crippen LogP contribution in [0.3, 0.4) is 0 Å². The van der Waals surface area contributed by atoms with Crippen molar-refractivity contribution >= 4 is 22.6 Å². The fourth-order valence-corrected chi connectivity index (χ4v) is 0.141. The van der Waals surface area contributed by atoms with E-state index < -0.39 is 0 Å². The van der Waals surface area contributed by atoms with E-state index in [-0.39, 0.29) is 5.83 Å². The number of hydrogen-bond acceptors (Lipinski definition) is 0. The lowest BCUT2D eigenvalue weighted by atomic mass is 10.5. The van der Waals surface area contributed by atoms with Gasteiger partial charge in [-0.3, -0.25) is 0 Å². The third-order valence-corrected chi connectivity index (χ3v) is 1.69. The lowest BCUT2D eigenvalue weighted by Crippen LogP contribution is -1.62. The van der Waals surface area contributed by atoms with Crippen LogP contribution in [0.4, 0.5) is 4.39 Å². The number of allylic oxidation sites excluding steroid dienone is 3. The van der Waals surface area contributed by atoms with Gasteiger partial charge in [-0.2, -0.15) is 0 Å². The van der Waals surface area contributed by atoms with Gasteiger partial charge in [-0.05, 0) is 29.5 Å². The molecule has 0 aliphatic rings. The van der Waals surface area contributed by atoms with Gasteiger partial charge in [0.2, 0.25) is 0 Å². The molecule has 0 saturated heterocycles. The topological polar surface area (TPSA) is 0 Å². The molecule has 0 aliphatic heterocycles. The lowest BCUT2D eigenvalue weighted by Gasteiger charge is -1.83. The van der Waals surface area contributed by atoms with Crippen LogP contribution < -0.4 is 0 Å². The molecule has 0 rings (SSSR count). The molecule has 0 heterocycles. The SMILES string of the molecule is C=C/C(I)=C(\C)F. The highest BCUT2D eigenvalue weighted by Gasteiger charge is 1.86. The molecule has 7 heavy (non-hydrogen) atoms. The molecule has 2 heteroatoms. The van der Waals surface area contributed by atoms with E-state index in [1.54, 1.807) is 0 Å². The van der Waals surface area contributed by atoms with Gasteiger partial charge in [0.15, 0.2) is 0 Å². The van der Waals surface area contributed by atoms with Crippen molar-refractivity contribution in [2.24, 2.45) is 0 Å². The van der Waals surface area contributed by atoms with E-state index >= 15 is 0 Å². The Balaban J connectivity index is 3.98. The van der Waals surface area contributed by atoms with Crippen molar-refractivity contribution in [1.29, 1.82) is 0 Å². The Hall–Kier alpha value is 0.140. The van der Waals surface area contributed by atoms with Crippen LogP contribution in [0.1, 0.15) is 6.92 Å². The summed E-state index contributed by atoms with van der Waals surface area (Å²) in [7, 11) is 0. The van der Waals surface area contributed by atoms with E-state index in [2.05, 4.69) is 6.58 Å². The van der Waals surface area contributed by atoms with Crippen molar-refractivity contribution in [1.82, 2.24) is 0 Å². The van der Waals surface area contributed by atoms with Crippen LogP contribution in [-0.4, -0.2) is 0 Å². The van der Waals surface area contributed by atoms with Gasteiger partial charge in [0.05, 0.1) is 0 Å². The predicted octanol–water partition coefficient (Wildman–Crippen LogP) is 2.81. The first-order valence-corrected chi connectivity index (χ1v) is 2.90. The zero-order valence-electron chi connectivity index (χ0n) is 4.04. The Morgan fingerprint density at radius 2 is 2.29 bits per heavy atom. The van der Waals surface area contributed by atoms with Crippen LogP contribution in [0.5, 0.6) is 0 Å². The molecule has 0 aromatic heterocycles. The first-order valence-electron chi connectivity index (χ1n) is 1.82. The van der Waals surface area contributed by atoms with Crippen LogP contribution >= 0.6 is 22.6 Å². The molecule has 0 aromatic rings. The minimum absolute atomic E-state index is 0.171. The highest BCUT2D eigenvalue weighted by molar-refractivity contribution is 14.1. The van der Waals surface area contributed by atoms with Gasteiger partial charge in [-0.25, -0.2) is 4.39 Å². The van der Waals surface area contributed by atoms with Crippen LogP contribution in [0.2, 0.25) is 0 Å². The summed E-state index contributed by atoms with van der Waals surface area (Å²) >= 11 is 1.88. The monoisotopic (exact) mass is 212 g/mol. The first-order chi connectivity index (χ1) is 3.18. The summed E-state index contributed by atoms with van der Waals surface area (Å²) in [4.78, 5) is 0. The van der Waals surface area contributed by atoms with Crippen molar-refractivity contribution < 1.29 is 4.39 Å². The average molecular weight is 212 g/mol. The van der Waals surface area contributed by atoms with Crippen molar-refractivity contribution in [3.05, 3.63) is 22.1 Å². The van der Waals surface area contributed by atoms with E-state index in [0.29, 0.717) is 3.58 Å². The Labute approximate surface area is 56.2 Å². The van der Waals surface area contributed by atoms with Gasteiger partial charge in [-0.1, -0.05) is 12.7 Å². The second-order valence-electron chi connectivity index (χ2n) is 1.09. The van der Waals surface area contributed by atoms with Gasteiger partial charge in [0.1, 0.15) is 5.83 Å². The molecule has 0 nitrogen and oxygen atoms in total. The Morgan fingerprint density at radius 1 is 1.86 bits per heavy atom.